The van der Waals surface area contributed by atoms with Crippen molar-refractivity contribution in [3.63, 3.8) is 0 Å². The van der Waals surface area contributed by atoms with Gasteiger partial charge < -0.3 is 16.0 Å². The largest absolute Gasteiger partial charge is 0.383 e. The normalized spacial score (nSPS) is 15.5. The lowest BCUT2D eigenvalue weighted by Crippen LogP contribution is -2.48. The number of nitrogens with two attached hydrogens (primary N) is 1. The Labute approximate surface area is 177 Å². The molecule has 10 heteroatoms. The molecule has 0 bridgehead atoms. The van der Waals surface area contributed by atoms with Crippen molar-refractivity contribution in [2.24, 2.45) is 5.73 Å². The number of nitro groups is 1. The molecule has 0 aliphatic carbocycles. The average Bonchev–Trinajstić information content (AvgIpc) is 2.75. The van der Waals surface area contributed by atoms with Crippen molar-refractivity contribution < 1.29 is 9.31 Å². The molecule has 0 atom stereocenters. The number of benzene rings is 2. The topological polar surface area (TPSA) is 121 Å². The summed E-state index contributed by atoms with van der Waals surface area (Å²) in [7, 11) is 0. The standard InChI is InChI=1S/C21H25FN6O3/c22-14-1-2-16-15(13-14)21(29)19-17(3-4-18(28(30)31)20(19)25-16)24-6-8-27-11-9-26(7-5-23)10-12-27/h1-4,13,24H,5-12,23H2,(H,25,29). The van der Waals surface area contributed by atoms with Crippen LogP contribution in [0.3, 0.4) is 0 Å². The van der Waals surface area contributed by atoms with Gasteiger partial charge in [-0.25, -0.2) is 4.39 Å². The van der Waals surface area contributed by atoms with E-state index in [0.29, 0.717) is 24.3 Å². The number of anilines is 1. The average molecular weight is 428 g/mol. The molecule has 0 unspecified atom stereocenters. The first-order chi connectivity index (χ1) is 15.0. The first-order valence-electron chi connectivity index (χ1n) is 10.3. The van der Waals surface area contributed by atoms with E-state index in [9.17, 15) is 19.3 Å². The first-order valence-corrected chi connectivity index (χ1v) is 10.3. The van der Waals surface area contributed by atoms with Gasteiger partial charge in [-0.05, 0) is 24.3 Å². The molecule has 0 radical (unpaired) electrons. The quantitative estimate of drug-likeness (QED) is 0.298. The van der Waals surface area contributed by atoms with E-state index in [0.717, 1.165) is 45.3 Å². The zero-order valence-corrected chi connectivity index (χ0v) is 17.1. The van der Waals surface area contributed by atoms with Crippen LogP contribution in [0.1, 0.15) is 0 Å². The Balaban J connectivity index is 1.60. The number of piperazine rings is 1. The molecule has 1 aromatic heterocycles. The van der Waals surface area contributed by atoms with Crippen molar-refractivity contribution in [3.05, 3.63) is 56.5 Å². The molecule has 1 aliphatic rings. The monoisotopic (exact) mass is 428 g/mol. The van der Waals surface area contributed by atoms with Crippen molar-refractivity contribution >= 4 is 33.2 Å². The fourth-order valence-electron chi connectivity index (χ4n) is 4.10. The van der Waals surface area contributed by atoms with E-state index in [1.165, 1.54) is 18.2 Å². The van der Waals surface area contributed by atoms with Crippen LogP contribution in [-0.2, 0) is 0 Å². The Hall–Kier alpha value is -3.08. The predicted octanol–water partition coefficient (Wildman–Crippen LogP) is 1.72. The van der Waals surface area contributed by atoms with Gasteiger partial charge in [-0.1, -0.05) is 0 Å². The zero-order valence-electron chi connectivity index (χ0n) is 17.1. The zero-order chi connectivity index (χ0) is 22.0. The number of H-pyrrole nitrogens is 1. The Morgan fingerprint density at radius 3 is 2.52 bits per heavy atom. The van der Waals surface area contributed by atoms with Gasteiger partial charge in [0.2, 0.25) is 0 Å². The predicted molar refractivity (Wildman–Crippen MR) is 119 cm³/mol. The molecule has 2 heterocycles. The number of nitro benzene ring substituents is 1. The Bertz CT molecular complexity index is 1170. The van der Waals surface area contributed by atoms with E-state index in [-0.39, 0.29) is 22.0 Å². The molecule has 3 aromatic rings. The van der Waals surface area contributed by atoms with Crippen LogP contribution >= 0.6 is 0 Å². The van der Waals surface area contributed by atoms with Gasteiger partial charge in [0.1, 0.15) is 11.3 Å². The molecule has 0 spiro atoms. The van der Waals surface area contributed by atoms with Crippen molar-refractivity contribution in [3.8, 4) is 0 Å². The van der Waals surface area contributed by atoms with Crippen LogP contribution in [-0.4, -0.2) is 72.1 Å². The number of halogens is 1. The number of fused-ring (bicyclic) bond motifs is 2. The Kier molecular flexibility index (Phi) is 6.12. The summed E-state index contributed by atoms with van der Waals surface area (Å²) >= 11 is 0. The molecule has 31 heavy (non-hydrogen) atoms. The van der Waals surface area contributed by atoms with E-state index < -0.39 is 16.2 Å². The van der Waals surface area contributed by atoms with Crippen molar-refractivity contribution in [2.45, 2.75) is 0 Å². The van der Waals surface area contributed by atoms with E-state index in [1.807, 2.05) is 0 Å². The van der Waals surface area contributed by atoms with E-state index in [4.69, 9.17) is 5.73 Å². The highest BCUT2D eigenvalue weighted by Gasteiger charge is 2.20. The van der Waals surface area contributed by atoms with Gasteiger partial charge >= 0.3 is 0 Å². The summed E-state index contributed by atoms with van der Waals surface area (Å²) in [5.41, 5.74) is 5.96. The highest BCUT2D eigenvalue weighted by molar-refractivity contribution is 6.03. The maximum atomic E-state index is 13.7. The van der Waals surface area contributed by atoms with Crippen LogP contribution in [0.4, 0.5) is 15.8 Å². The maximum Gasteiger partial charge on any atom is 0.293 e. The van der Waals surface area contributed by atoms with Crippen molar-refractivity contribution in [2.75, 3.05) is 57.7 Å². The fraction of sp³-hybridized carbons (Fsp3) is 0.381. The minimum Gasteiger partial charge on any atom is -0.383 e. The molecule has 2 aromatic carbocycles. The molecule has 9 nitrogen and oxygen atoms in total. The van der Waals surface area contributed by atoms with Gasteiger partial charge in [0.05, 0.1) is 15.8 Å². The molecule has 4 N–H and O–H groups in total. The molecule has 164 valence electrons. The van der Waals surface area contributed by atoms with Crippen LogP contribution in [0.15, 0.2) is 35.1 Å². The number of hydrogen-bond acceptors (Lipinski definition) is 7. The number of non-ortho nitro benzene ring substituents is 1. The molecule has 0 saturated carbocycles. The third kappa shape index (κ3) is 4.36. The molecule has 1 fully saturated rings. The smallest absolute Gasteiger partial charge is 0.293 e. The maximum absolute atomic E-state index is 13.7. The fourth-order valence-corrected chi connectivity index (χ4v) is 4.10. The third-order valence-corrected chi connectivity index (χ3v) is 5.75. The number of aromatic nitrogens is 1. The lowest BCUT2D eigenvalue weighted by molar-refractivity contribution is -0.383. The van der Waals surface area contributed by atoms with Gasteiger partial charge in [0, 0.05) is 69.5 Å². The molecular weight excluding hydrogens is 403 g/mol. The number of nitrogens with zero attached hydrogens (tertiary/aromatic N) is 3. The Morgan fingerprint density at radius 1 is 1.13 bits per heavy atom. The summed E-state index contributed by atoms with van der Waals surface area (Å²) < 4.78 is 13.7. The van der Waals surface area contributed by atoms with Gasteiger partial charge in [-0.15, -0.1) is 0 Å². The summed E-state index contributed by atoms with van der Waals surface area (Å²) in [6.45, 7) is 6.71. The summed E-state index contributed by atoms with van der Waals surface area (Å²) in [4.78, 5) is 31.7. The van der Waals surface area contributed by atoms with E-state index in [1.54, 1.807) is 6.07 Å². The third-order valence-electron chi connectivity index (χ3n) is 5.75. The van der Waals surface area contributed by atoms with Crippen LogP contribution in [0.25, 0.3) is 21.8 Å². The second-order valence-corrected chi connectivity index (χ2v) is 7.68. The van der Waals surface area contributed by atoms with Gasteiger partial charge in [0.25, 0.3) is 5.69 Å². The van der Waals surface area contributed by atoms with Crippen LogP contribution < -0.4 is 16.5 Å². The summed E-state index contributed by atoms with van der Waals surface area (Å²) in [5, 5.41) is 15.1. The number of pyridine rings is 1. The van der Waals surface area contributed by atoms with Crippen molar-refractivity contribution in [1.29, 1.82) is 0 Å². The lowest BCUT2D eigenvalue weighted by Gasteiger charge is -2.34. The lowest BCUT2D eigenvalue weighted by atomic mass is 10.1. The molecule has 0 amide bonds. The number of hydrogen-bond donors (Lipinski definition) is 3. The van der Waals surface area contributed by atoms with E-state index in [2.05, 4.69) is 20.1 Å². The van der Waals surface area contributed by atoms with Crippen LogP contribution in [0.2, 0.25) is 0 Å². The van der Waals surface area contributed by atoms with E-state index >= 15 is 0 Å². The van der Waals surface area contributed by atoms with Crippen LogP contribution in [0, 0.1) is 15.9 Å². The van der Waals surface area contributed by atoms with Crippen molar-refractivity contribution in [1.82, 2.24) is 14.8 Å². The number of aromatic amines is 1. The number of rotatable bonds is 7. The summed E-state index contributed by atoms with van der Waals surface area (Å²) in [6, 6.07) is 6.70. The molecule has 4 rings (SSSR count). The van der Waals surface area contributed by atoms with Gasteiger partial charge in [0.15, 0.2) is 5.43 Å². The minimum atomic E-state index is -0.536. The highest BCUT2D eigenvalue weighted by Crippen LogP contribution is 2.29. The SMILES string of the molecule is NCCN1CCN(CCNc2ccc([N+](=O)[O-])c3[nH]c4ccc(F)cc4c(=O)c23)CC1. The van der Waals surface area contributed by atoms with Gasteiger partial charge in [-0.3, -0.25) is 24.7 Å². The highest BCUT2D eigenvalue weighted by atomic mass is 19.1. The van der Waals surface area contributed by atoms with Gasteiger partial charge in [-0.2, -0.15) is 0 Å². The minimum absolute atomic E-state index is 0.134. The summed E-state index contributed by atoms with van der Waals surface area (Å²) in [5.74, 6) is -0.536. The second kappa shape index (κ2) is 8.96. The molecule has 1 saturated heterocycles. The number of nitrogens with one attached hydrogen (secondary N) is 2. The first kappa shape index (κ1) is 21.2. The molecular formula is C21H25FN6O3. The molecule has 1 aliphatic heterocycles. The summed E-state index contributed by atoms with van der Waals surface area (Å²) in [6.07, 6.45) is 0. The van der Waals surface area contributed by atoms with Crippen LogP contribution in [0.5, 0.6) is 0 Å². The Morgan fingerprint density at radius 2 is 1.84 bits per heavy atom. The second-order valence-electron chi connectivity index (χ2n) is 7.68.